The smallest absolute Gasteiger partial charge is 0.251 e. The maximum Gasteiger partial charge on any atom is 0.251 e. The van der Waals surface area contributed by atoms with Gasteiger partial charge < -0.3 is 25.0 Å². The Bertz CT molecular complexity index is 1500. The molecule has 1 atom stereocenters. The van der Waals surface area contributed by atoms with E-state index in [0.717, 1.165) is 6.07 Å². The van der Waals surface area contributed by atoms with Gasteiger partial charge in [-0.05, 0) is 48.5 Å². The summed E-state index contributed by atoms with van der Waals surface area (Å²) in [5.74, 6) is -0.537. The Morgan fingerprint density at radius 1 is 1.15 bits per heavy atom. The van der Waals surface area contributed by atoms with Gasteiger partial charge in [-0.2, -0.15) is 15.0 Å². The van der Waals surface area contributed by atoms with Crippen molar-refractivity contribution >= 4 is 23.8 Å². The van der Waals surface area contributed by atoms with Gasteiger partial charge in [-0.1, -0.05) is 11.6 Å². The van der Waals surface area contributed by atoms with Crippen molar-refractivity contribution in [3.63, 3.8) is 0 Å². The molecule has 2 aromatic heterocycles. The maximum atomic E-state index is 13.8. The van der Waals surface area contributed by atoms with Gasteiger partial charge in [0, 0.05) is 16.7 Å². The van der Waals surface area contributed by atoms with Gasteiger partial charge >= 0.3 is 0 Å². The number of hydrogen-bond acceptors (Lipinski definition) is 9. The van der Waals surface area contributed by atoms with Gasteiger partial charge in [-0.3, -0.25) is 9.59 Å². The molecule has 2 heterocycles. The van der Waals surface area contributed by atoms with Crippen molar-refractivity contribution in [3.05, 3.63) is 88.6 Å². The van der Waals surface area contributed by atoms with E-state index >= 15 is 0 Å². The van der Waals surface area contributed by atoms with Crippen LogP contribution in [0.4, 0.5) is 4.39 Å². The lowest BCUT2D eigenvalue weighted by Crippen LogP contribution is -2.45. The number of aldehydes is 1. The van der Waals surface area contributed by atoms with E-state index in [1.54, 1.807) is 0 Å². The molecule has 40 heavy (non-hydrogen) atoms. The molecule has 208 valence electrons. The molecule has 2 aromatic carbocycles. The molecule has 1 amide bonds. The molecule has 0 fully saturated rings. The van der Waals surface area contributed by atoms with Crippen LogP contribution in [0.2, 0.25) is 5.02 Å². The van der Waals surface area contributed by atoms with Crippen molar-refractivity contribution in [2.24, 2.45) is 0 Å². The van der Waals surface area contributed by atoms with Crippen LogP contribution in [0.5, 0.6) is 11.5 Å². The van der Waals surface area contributed by atoms with Gasteiger partial charge in [0.2, 0.25) is 0 Å². The number of nitrogens with zero attached hydrogens (tertiary/aromatic N) is 4. The highest BCUT2D eigenvalue weighted by atomic mass is 35.5. The van der Waals surface area contributed by atoms with E-state index in [1.165, 1.54) is 66.8 Å². The van der Waals surface area contributed by atoms with Crippen molar-refractivity contribution in [1.29, 1.82) is 0 Å². The number of carbonyl (C=O) groups excluding carboxylic acids is 2. The number of aromatic nitrogens is 4. The lowest BCUT2D eigenvalue weighted by atomic mass is 9.96. The number of rotatable bonds is 12. The summed E-state index contributed by atoms with van der Waals surface area (Å²) < 4.78 is 24.5. The van der Waals surface area contributed by atoms with Crippen LogP contribution in [0.25, 0.3) is 11.3 Å². The molecule has 3 N–H and O–H groups in total. The van der Waals surface area contributed by atoms with Gasteiger partial charge in [0.15, 0.2) is 17.8 Å². The number of hydrogen-bond donors (Lipinski definition) is 3. The molecule has 0 radical (unpaired) electrons. The zero-order valence-corrected chi connectivity index (χ0v) is 22.0. The third-order valence-electron chi connectivity index (χ3n) is 5.91. The normalized spacial score (nSPS) is 12.4. The number of halogens is 2. The highest BCUT2D eigenvalue weighted by Crippen LogP contribution is 2.30. The zero-order chi connectivity index (χ0) is 28.7. The minimum atomic E-state index is -1.84. The van der Waals surface area contributed by atoms with Gasteiger partial charge in [-0.15, -0.1) is 0 Å². The average molecular weight is 570 g/mol. The zero-order valence-electron chi connectivity index (χ0n) is 21.3. The minimum absolute atomic E-state index is 0.0540. The number of ether oxygens (including phenoxy) is 2. The number of aliphatic hydroxyl groups excluding tert-OH is 1. The van der Waals surface area contributed by atoms with Gasteiger partial charge in [-0.25, -0.2) is 9.37 Å². The topological polar surface area (TPSA) is 149 Å². The summed E-state index contributed by atoms with van der Waals surface area (Å²) >= 11 is 5.95. The van der Waals surface area contributed by atoms with Crippen LogP contribution in [0.15, 0.2) is 60.9 Å². The summed E-state index contributed by atoms with van der Waals surface area (Å²) in [5.41, 5.74) is -0.825. The van der Waals surface area contributed by atoms with Crippen LogP contribution in [0.3, 0.4) is 0 Å². The molecule has 0 saturated heterocycles. The van der Waals surface area contributed by atoms with E-state index in [1.807, 2.05) is 0 Å². The first kappa shape index (κ1) is 28.6. The van der Waals surface area contributed by atoms with E-state index in [-0.39, 0.29) is 59.6 Å². The third-order valence-corrected chi connectivity index (χ3v) is 6.20. The van der Waals surface area contributed by atoms with Crippen molar-refractivity contribution in [2.45, 2.75) is 12.1 Å². The van der Waals surface area contributed by atoms with Crippen LogP contribution in [-0.4, -0.2) is 69.3 Å². The molecule has 0 saturated carbocycles. The number of nitrogens with one attached hydrogen (secondary N) is 1. The molecule has 0 aliphatic rings. The van der Waals surface area contributed by atoms with Gasteiger partial charge in [0.1, 0.15) is 18.0 Å². The Kier molecular flexibility index (Phi) is 9.04. The summed E-state index contributed by atoms with van der Waals surface area (Å²) in [6.45, 7) is -0.657. The second-order valence-corrected chi connectivity index (χ2v) is 9.00. The molecule has 4 aromatic rings. The highest BCUT2D eigenvalue weighted by Gasteiger charge is 2.34. The largest absolute Gasteiger partial charge is 0.493 e. The van der Waals surface area contributed by atoms with Gasteiger partial charge in [0.05, 0.1) is 55.6 Å². The predicted molar refractivity (Wildman–Crippen MR) is 142 cm³/mol. The molecule has 0 spiro atoms. The summed E-state index contributed by atoms with van der Waals surface area (Å²) in [5, 5.41) is 31.4. The first-order chi connectivity index (χ1) is 19.3. The number of benzene rings is 2. The van der Waals surface area contributed by atoms with E-state index in [4.69, 9.17) is 26.2 Å². The quantitative estimate of drug-likeness (QED) is 0.219. The van der Waals surface area contributed by atoms with E-state index in [2.05, 4.69) is 20.5 Å². The Labute approximate surface area is 233 Å². The lowest BCUT2D eigenvalue weighted by Gasteiger charge is -2.28. The van der Waals surface area contributed by atoms with Crippen molar-refractivity contribution in [2.75, 3.05) is 26.9 Å². The van der Waals surface area contributed by atoms with Crippen molar-refractivity contribution < 1.29 is 33.7 Å². The van der Waals surface area contributed by atoms with Crippen LogP contribution < -0.4 is 14.8 Å². The summed E-state index contributed by atoms with van der Waals surface area (Å²) in [4.78, 5) is 30.6. The molecule has 13 heteroatoms. The number of pyridine rings is 1. The number of carbonyl (C=O) groups is 2. The fourth-order valence-corrected chi connectivity index (χ4v) is 4.08. The molecule has 4 rings (SSSR count). The molecular formula is C27H25ClFN5O6. The van der Waals surface area contributed by atoms with Gasteiger partial charge in [0.25, 0.3) is 5.91 Å². The number of amides is 1. The Hall–Kier alpha value is -4.39. The Morgan fingerprint density at radius 2 is 1.93 bits per heavy atom. The average Bonchev–Trinajstić information content (AvgIpc) is 3.48. The van der Waals surface area contributed by atoms with E-state index in [9.17, 15) is 19.1 Å². The lowest BCUT2D eigenvalue weighted by molar-refractivity contribution is 0.00774. The molecule has 1 unspecified atom stereocenters. The minimum Gasteiger partial charge on any atom is -0.493 e. The summed E-state index contributed by atoms with van der Waals surface area (Å²) in [6, 6.07) is 11.3. The third kappa shape index (κ3) is 6.42. The fourth-order valence-electron chi connectivity index (χ4n) is 3.90. The second kappa shape index (κ2) is 12.6. The molecule has 0 aliphatic carbocycles. The maximum absolute atomic E-state index is 13.8. The summed E-state index contributed by atoms with van der Waals surface area (Å²) in [6.07, 6.45) is 3.45. The number of methoxy groups -OCH3 is 1. The standard InChI is InChI=1S/C27H25ClFN5O6/c1-39-23-13-18(3-6-22(23)40-11-10-35)26(37)30-15-27(38,16-34-31-8-9-32-34)24-7-4-19(14-36)25(33-24)17-2-5-21(29)20(28)12-17/h2-9,12-14,35,38H,10-11,15-16H2,1H3,(H,30,37). The highest BCUT2D eigenvalue weighted by molar-refractivity contribution is 6.31. The van der Waals surface area contributed by atoms with Crippen LogP contribution >= 0.6 is 11.6 Å². The van der Waals surface area contributed by atoms with Crippen LogP contribution in [0, 0.1) is 5.82 Å². The second-order valence-electron chi connectivity index (χ2n) is 8.59. The molecule has 0 aliphatic heterocycles. The van der Waals surface area contributed by atoms with E-state index in [0.29, 0.717) is 17.6 Å². The molecule has 11 nitrogen and oxygen atoms in total. The van der Waals surface area contributed by atoms with Crippen LogP contribution in [-0.2, 0) is 12.1 Å². The Morgan fingerprint density at radius 3 is 2.60 bits per heavy atom. The first-order valence-electron chi connectivity index (χ1n) is 12.0. The SMILES string of the molecule is COc1cc(C(=O)NCC(O)(Cn2nccn2)c2ccc(C=O)c(-c3ccc(F)c(Cl)c3)n2)ccc1OCCO. The molecule has 0 bridgehead atoms. The Balaban J connectivity index is 1.66. The number of aliphatic hydroxyl groups is 2. The summed E-state index contributed by atoms with van der Waals surface area (Å²) in [7, 11) is 1.42. The first-order valence-corrected chi connectivity index (χ1v) is 12.3. The van der Waals surface area contributed by atoms with E-state index < -0.39 is 17.3 Å². The molecular weight excluding hydrogens is 545 g/mol. The fraction of sp³-hybridized carbons (Fsp3) is 0.222. The van der Waals surface area contributed by atoms with Crippen molar-refractivity contribution in [1.82, 2.24) is 25.3 Å². The van der Waals surface area contributed by atoms with Crippen LogP contribution in [0.1, 0.15) is 26.4 Å². The van der Waals surface area contributed by atoms with Crippen molar-refractivity contribution in [3.8, 4) is 22.8 Å². The predicted octanol–water partition coefficient (Wildman–Crippen LogP) is 2.64. The monoisotopic (exact) mass is 569 g/mol.